The molecule has 2 heterocycles. The summed E-state index contributed by atoms with van der Waals surface area (Å²) in [7, 11) is 0. The Morgan fingerprint density at radius 2 is 2.09 bits per heavy atom. The van der Waals surface area contributed by atoms with E-state index in [0.717, 1.165) is 44.2 Å². The van der Waals surface area contributed by atoms with Crippen LogP contribution in [0.5, 0.6) is 0 Å². The highest BCUT2D eigenvalue weighted by Gasteiger charge is 2.21. The molecular formula is C18H25N3O2. The van der Waals surface area contributed by atoms with Crippen LogP contribution in [0.3, 0.4) is 0 Å². The molecule has 3 rings (SSSR count). The first-order chi connectivity index (χ1) is 11.2. The lowest BCUT2D eigenvalue weighted by atomic mass is 9.93. The minimum absolute atomic E-state index is 0.242. The maximum Gasteiger partial charge on any atom is 0.337 e. The van der Waals surface area contributed by atoms with Gasteiger partial charge in [0.25, 0.3) is 0 Å². The molecule has 1 aliphatic carbocycles. The van der Waals surface area contributed by atoms with E-state index in [1.807, 2.05) is 6.07 Å². The molecule has 1 aliphatic heterocycles. The Kier molecular flexibility index (Phi) is 5.28. The van der Waals surface area contributed by atoms with Crippen LogP contribution in [0.2, 0.25) is 0 Å². The summed E-state index contributed by atoms with van der Waals surface area (Å²) < 4.78 is 0. The fourth-order valence-electron chi connectivity index (χ4n) is 3.39. The van der Waals surface area contributed by atoms with Gasteiger partial charge < -0.3 is 15.3 Å². The van der Waals surface area contributed by atoms with Crippen LogP contribution in [-0.2, 0) is 0 Å². The fraction of sp³-hybridized carbons (Fsp3) is 0.556. The maximum atomic E-state index is 10.9. The predicted octanol–water partition coefficient (Wildman–Crippen LogP) is 2.69. The smallest absolute Gasteiger partial charge is 0.337 e. The molecule has 1 aromatic heterocycles. The topological polar surface area (TPSA) is 65.5 Å². The second kappa shape index (κ2) is 7.59. The number of aromatic nitrogens is 1. The van der Waals surface area contributed by atoms with E-state index < -0.39 is 5.97 Å². The molecule has 5 nitrogen and oxygen atoms in total. The number of nitrogens with zero attached hydrogens (tertiary/aromatic N) is 2. The molecule has 2 N–H and O–H groups in total. The molecule has 124 valence electrons. The molecule has 1 unspecified atom stereocenters. The molecule has 0 amide bonds. The predicted molar refractivity (Wildman–Crippen MR) is 90.9 cm³/mol. The lowest BCUT2D eigenvalue weighted by molar-refractivity contribution is 0.0696. The average Bonchev–Trinajstić information content (AvgIpc) is 2.61. The number of allylic oxidation sites excluding steroid dienone is 2. The van der Waals surface area contributed by atoms with Crippen LogP contribution >= 0.6 is 0 Å². The van der Waals surface area contributed by atoms with Gasteiger partial charge in [-0.2, -0.15) is 0 Å². The van der Waals surface area contributed by atoms with Crippen LogP contribution < -0.4 is 10.2 Å². The Hall–Kier alpha value is -1.88. The maximum absolute atomic E-state index is 10.9. The Labute approximate surface area is 137 Å². The third-order valence-electron chi connectivity index (χ3n) is 4.89. The molecule has 1 saturated heterocycles. The van der Waals surface area contributed by atoms with Crippen molar-refractivity contribution in [3.05, 3.63) is 36.0 Å². The van der Waals surface area contributed by atoms with E-state index in [1.165, 1.54) is 25.5 Å². The van der Waals surface area contributed by atoms with E-state index in [1.54, 1.807) is 6.07 Å². The van der Waals surface area contributed by atoms with Crippen molar-refractivity contribution in [3.8, 4) is 0 Å². The zero-order chi connectivity index (χ0) is 16.1. The van der Waals surface area contributed by atoms with E-state index in [-0.39, 0.29) is 5.56 Å². The Morgan fingerprint density at radius 3 is 2.70 bits per heavy atom. The number of nitrogens with one attached hydrogen (secondary N) is 1. The van der Waals surface area contributed by atoms with E-state index in [9.17, 15) is 4.79 Å². The molecule has 5 heteroatoms. The van der Waals surface area contributed by atoms with Gasteiger partial charge in [0.1, 0.15) is 5.82 Å². The summed E-state index contributed by atoms with van der Waals surface area (Å²) in [5.41, 5.74) is 0.242. The lowest BCUT2D eigenvalue weighted by Crippen LogP contribution is -2.44. The highest BCUT2D eigenvalue weighted by atomic mass is 16.4. The molecular weight excluding hydrogens is 290 g/mol. The van der Waals surface area contributed by atoms with Gasteiger partial charge in [-0.25, -0.2) is 9.78 Å². The Morgan fingerprint density at radius 1 is 1.26 bits per heavy atom. The summed E-state index contributed by atoms with van der Waals surface area (Å²) in [4.78, 5) is 17.4. The zero-order valence-corrected chi connectivity index (χ0v) is 13.4. The van der Waals surface area contributed by atoms with Gasteiger partial charge in [0, 0.05) is 25.3 Å². The zero-order valence-electron chi connectivity index (χ0n) is 13.4. The number of rotatable bonds is 5. The van der Waals surface area contributed by atoms with E-state index >= 15 is 0 Å². The first-order valence-electron chi connectivity index (χ1n) is 8.55. The minimum atomic E-state index is -0.926. The Balaban J connectivity index is 1.44. The Bertz CT molecular complexity index is 548. The molecule has 2 aliphatic rings. The summed E-state index contributed by atoms with van der Waals surface area (Å²) in [5.74, 6) is 0.749. The SMILES string of the molecule is O=C(O)c1ccc(N2CCC(NCC3CC=CCC3)CC2)nc1. The van der Waals surface area contributed by atoms with Crippen LogP contribution in [-0.4, -0.2) is 41.7 Å². The van der Waals surface area contributed by atoms with Crippen LogP contribution in [0.4, 0.5) is 5.82 Å². The number of piperidine rings is 1. The number of carboxylic acids is 1. The largest absolute Gasteiger partial charge is 0.478 e. The van der Waals surface area contributed by atoms with Crippen molar-refractivity contribution in [2.24, 2.45) is 5.92 Å². The van der Waals surface area contributed by atoms with Gasteiger partial charge in [-0.15, -0.1) is 0 Å². The number of hydrogen-bond donors (Lipinski definition) is 2. The summed E-state index contributed by atoms with van der Waals surface area (Å²) in [5, 5.41) is 12.6. The second-order valence-corrected chi connectivity index (χ2v) is 6.53. The van der Waals surface area contributed by atoms with Crippen LogP contribution in [0.15, 0.2) is 30.5 Å². The normalized spacial score (nSPS) is 22.3. The van der Waals surface area contributed by atoms with Gasteiger partial charge >= 0.3 is 5.97 Å². The summed E-state index contributed by atoms with van der Waals surface area (Å²) in [6, 6.07) is 4.03. The van der Waals surface area contributed by atoms with Crippen molar-refractivity contribution in [2.45, 2.75) is 38.1 Å². The van der Waals surface area contributed by atoms with Gasteiger partial charge in [-0.1, -0.05) is 12.2 Å². The summed E-state index contributed by atoms with van der Waals surface area (Å²) >= 11 is 0. The van der Waals surface area contributed by atoms with E-state index in [0.29, 0.717) is 6.04 Å². The van der Waals surface area contributed by atoms with Crippen molar-refractivity contribution in [1.29, 1.82) is 0 Å². The van der Waals surface area contributed by atoms with Gasteiger partial charge in [-0.3, -0.25) is 0 Å². The molecule has 0 aromatic carbocycles. The fourth-order valence-corrected chi connectivity index (χ4v) is 3.39. The highest BCUT2D eigenvalue weighted by Crippen LogP contribution is 2.20. The van der Waals surface area contributed by atoms with Crippen LogP contribution in [0, 0.1) is 5.92 Å². The van der Waals surface area contributed by atoms with Crippen molar-refractivity contribution in [2.75, 3.05) is 24.5 Å². The number of anilines is 1. The highest BCUT2D eigenvalue weighted by molar-refractivity contribution is 5.87. The third kappa shape index (κ3) is 4.32. The summed E-state index contributed by atoms with van der Waals surface area (Å²) in [6.45, 7) is 3.07. The first-order valence-corrected chi connectivity index (χ1v) is 8.55. The average molecular weight is 315 g/mol. The van der Waals surface area contributed by atoms with Gasteiger partial charge in [-0.05, 0) is 56.7 Å². The number of carbonyl (C=O) groups is 1. The molecule has 0 saturated carbocycles. The number of carboxylic acid groups (broad SMARTS) is 1. The van der Waals surface area contributed by atoms with E-state index in [4.69, 9.17) is 5.11 Å². The van der Waals surface area contributed by atoms with Gasteiger partial charge in [0.05, 0.1) is 5.56 Å². The van der Waals surface area contributed by atoms with Crippen molar-refractivity contribution in [1.82, 2.24) is 10.3 Å². The second-order valence-electron chi connectivity index (χ2n) is 6.53. The molecule has 0 bridgehead atoms. The van der Waals surface area contributed by atoms with Crippen LogP contribution in [0.1, 0.15) is 42.5 Å². The molecule has 23 heavy (non-hydrogen) atoms. The monoisotopic (exact) mass is 315 g/mol. The number of hydrogen-bond acceptors (Lipinski definition) is 4. The standard InChI is InChI=1S/C18H25N3O2/c22-18(23)15-6-7-17(20-13-15)21-10-8-16(9-11-21)19-12-14-4-2-1-3-5-14/h1-2,6-7,13-14,16,19H,3-5,8-12H2,(H,22,23). The van der Waals surface area contributed by atoms with Gasteiger partial charge in [0.15, 0.2) is 0 Å². The molecule has 1 aromatic rings. The summed E-state index contributed by atoms with van der Waals surface area (Å²) in [6.07, 6.45) is 12.0. The molecule has 1 fully saturated rings. The molecule has 0 spiro atoms. The van der Waals surface area contributed by atoms with E-state index in [2.05, 4.69) is 27.4 Å². The molecule has 1 atom stereocenters. The van der Waals surface area contributed by atoms with Crippen LogP contribution in [0.25, 0.3) is 0 Å². The lowest BCUT2D eigenvalue weighted by Gasteiger charge is -2.34. The quantitative estimate of drug-likeness (QED) is 0.818. The van der Waals surface area contributed by atoms with Gasteiger partial charge in [0.2, 0.25) is 0 Å². The molecule has 0 radical (unpaired) electrons. The van der Waals surface area contributed by atoms with Crippen molar-refractivity contribution in [3.63, 3.8) is 0 Å². The number of pyridine rings is 1. The number of aromatic carboxylic acids is 1. The van der Waals surface area contributed by atoms with Crippen molar-refractivity contribution < 1.29 is 9.90 Å². The first kappa shape index (κ1) is 16.0. The van der Waals surface area contributed by atoms with Crippen molar-refractivity contribution >= 4 is 11.8 Å². The third-order valence-corrected chi connectivity index (χ3v) is 4.89. The minimum Gasteiger partial charge on any atom is -0.478 e.